The SMILES string of the molecule is CCN(C(=O)c1ccc(C(=O)Nc2ccccc2OC)cc1)c1ccccc1. The number of carbonyl (C=O) groups is 2. The second-order valence-corrected chi connectivity index (χ2v) is 6.12. The van der Waals surface area contributed by atoms with E-state index in [1.54, 1.807) is 48.4 Å². The molecule has 0 spiro atoms. The van der Waals surface area contributed by atoms with E-state index in [1.807, 2.05) is 49.4 Å². The number of hydrogen-bond acceptors (Lipinski definition) is 3. The monoisotopic (exact) mass is 374 g/mol. The molecule has 1 N–H and O–H groups in total. The van der Waals surface area contributed by atoms with Gasteiger partial charge < -0.3 is 15.0 Å². The van der Waals surface area contributed by atoms with Crippen molar-refractivity contribution in [1.29, 1.82) is 0 Å². The molecule has 3 rings (SSSR count). The van der Waals surface area contributed by atoms with Crippen molar-refractivity contribution in [3.05, 3.63) is 90.0 Å². The summed E-state index contributed by atoms with van der Waals surface area (Å²) in [5.41, 5.74) is 2.43. The Balaban J connectivity index is 1.75. The van der Waals surface area contributed by atoms with Crippen molar-refractivity contribution in [3.8, 4) is 5.75 Å². The molecule has 0 saturated carbocycles. The standard InChI is InChI=1S/C23H22N2O3/c1-3-25(19-9-5-4-6-10-19)23(27)18-15-13-17(14-16-18)22(26)24-20-11-7-8-12-21(20)28-2/h4-16H,3H2,1-2H3,(H,24,26). The van der Waals surface area contributed by atoms with Crippen LogP contribution in [0.1, 0.15) is 27.6 Å². The van der Waals surface area contributed by atoms with E-state index in [0.717, 1.165) is 5.69 Å². The lowest BCUT2D eigenvalue weighted by molar-refractivity contribution is 0.0985. The Labute approximate surface area is 164 Å². The maximum atomic E-state index is 12.8. The molecule has 0 bridgehead atoms. The molecule has 5 heteroatoms. The van der Waals surface area contributed by atoms with Gasteiger partial charge in [-0.2, -0.15) is 0 Å². The number of nitrogens with zero attached hydrogens (tertiary/aromatic N) is 1. The molecule has 2 amide bonds. The Kier molecular flexibility index (Phi) is 6.07. The lowest BCUT2D eigenvalue weighted by Gasteiger charge is -2.21. The van der Waals surface area contributed by atoms with Crippen LogP contribution in [0.15, 0.2) is 78.9 Å². The van der Waals surface area contributed by atoms with Crippen molar-refractivity contribution in [2.45, 2.75) is 6.92 Å². The van der Waals surface area contributed by atoms with Gasteiger partial charge >= 0.3 is 0 Å². The van der Waals surface area contributed by atoms with E-state index in [9.17, 15) is 9.59 Å². The Morgan fingerprint density at radius 1 is 0.857 bits per heavy atom. The zero-order chi connectivity index (χ0) is 19.9. The first-order valence-corrected chi connectivity index (χ1v) is 9.05. The lowest BCUT2D eigenvalue weighted by atomic mass is 10.1. The fraction of sp³-hybridized carbons (Fsp3) is 0.130. The number of anilines is 2. The molecule has 0 heterocycles. The summed E-state index contributed by atoms with van der Waals surface area (Å²) >= 11 is 0. The van der Waals surface area contributed by atoms with E-state index in [2.05, 4.69) is 5.32 Å². The molecule has 28 heavy (non-hydrogen) atoms. The number of amides is 2. The van der Waals surface area contributed by atoms with Crippen LogP contribution in [0.4, 0.5) is 11.4 Å². The maximum Gasteiger partial charge on any atom is 0.258 e. The zero-order valence-corrected chi connectivity index (χ0v) is 15.9. The molecule has 0 saturated heterocycles. The quantitative estimate of drug-likeness (QED) is 0.685. The van der Waals surface area contributed by atoms with E-state index in [0.29, 0.717) is 29.1 Å². The molecule has 0 aromatic heterocycles. The maximum absolute atomic E-state index is 12.8. The highest BCUT2D eigenvalue weighted by Gasteiger charge is 2.17. The fourth-order valence-electron chi connectivity index (χ4n) is 2.91. The average Bonchev–Trinajstić information content (AvgIpc) is 2.75. The molecule has 0 unspecified atom stereocenters. The van der Waals surface area contributed by atoms with Gasteiger partial charge in [0.15, 0.2) is 0 Å². The van der Waals surface area contributed by atoms with Gasteiger partial charge in [0, 0.05) is 23.4 Å². The second kappa shape index (κ2) is 8.86. The molecule has 0 aliphatic rings. The predicted molar refractivity (Wildman–Crippen MR) is 111 cm³/mol. The molecule has 0 atom stereocenters. The summed E-state index contributed by atoms with van der Waals surface area (Å²) < 4.78 is 5.25. The van der Waals surface area contributed by atoms with E-state index < -0.39 is 0 Å². The fourth-order valence-corrected chi connectivity index (χ4v) is 2.91. The van der Waals surface area contributed by atoms with E-state index in [-0.39, 0.29) is 11.8 Å². The van der Waals surface area contributed by atoms with Crippen LogP contribution in [0.25, 0.3) is 0 Å². The van der Waals surface area contributed by atoms with Crippen LogP contribution in [0.3, 0.4) is 0 Å². The van der Waals surface area contributed by atoms with Gasteiger partial charge in [0.05, 0.1) is 12.8 Å². The van der Waals surface area contributed by atoms with Gasteiger partial charge in [0.2, 0.25) is 0 Å². The van der Waals surface area contributed by atoms with Gasteiger partial charge in [-0.3, -0.25) is 9.59 Å². The third kappa shape index (κ3) is 4.20. The van der Waals surface area contributed by atoms with E-state index in [4.69, 9.17) is 4.74 Å². The molecule has 0 fully saturated rings. The number of carbonyl (C=O) groups excluding carboxylic acids is 2. The van der Waals surface area contributed by atoms with Gasteiger partial charge in [-0.05, 0) is 55.5 Å². The summed E-state index contributed by atoms with van der Waals surface area (Å²) in [7, 11) is 1.55. The summed E-state index contributed by atoms with van der Waals surface area (Å²) in [6.07, 6.45) is 0. The van der Waals surface area contributed by atoms with Crippen LogP contribution < -0.4 is 15.0 Å². The van der Waals surface area contributed by atoms with Gasteiger partial charge in [-0.15, -0.1) is 0 Å². The number of rotatable bonds is 6. The summed E-state index contributed by atoms with van der Waals surface area (Å²) in [6, 6.07) is 23.4. The van der Waals surface area contributed by atoms with Crippen LogP contribution in [-0.2, 0) is 0 Å². The summed E-state index contributed by atoms with van der Waals surface area (Å²) in [6.45, 7) is 2.48. The van der Waals surface area contributed by atoms with Gasteiger partial charge in [-0.1, -0.05) is 30.3 Å². The summed E-state index contributed by atoms with van der Waals surface area (Å²) in [5.74, 6) is 0.216. The van der Waals surface area contributed by atoms with Crippen molar-refractivity contribution in [3.63, 3.8) is 0 Å². The zero-order valence-electron chi connectivity index (χ0n) is 15.9. The van der Waals surface area contributed by atoms with Crippen LogP contribution in [-0.4, -0.2) is 25.5 Å². The highest BCUT2D eigenvalue weighted by molar-refractivity contribution is 6.08. The number of methoxy groups -OCH3 is 1. The summed E-state index contributed by atoms with van der Waals surface area (Å²) in [4.78, 5) is 27.1. The van der Waals surface area contributed by atoms with E-state index >= 15 is 0 Å². The number of hydrogen-bond donors (Lipinski definition) is 1. The minimum atomic E-state index is -0.265. The molecule has 0 radical (unpaired) electrons. The van der Waals surface area contributed by atoms with Crippen LogP contribution in [0.5, 0.6) is 5.75 Å². The molecule has 5 nitrogen and oxygen atoms in total. The Morgan fingerprint density at radius 2 is 1.46 bits per heavy atom. The highest BCUT2D eigenvalue weighted by atomic mass is 16.5. The first-order chi connectivity index (χ1) is 13.6. The Bertz CT molecular complexity index is 953. The molecule has 0 aliphatic heterocycles. The molecule has 0 aliphatic carbocycles. The smallest absolute Gasteiger partial charge is 0.258 e. The first-order valence-electron chi connectivity index (χ1n) is 9.05. The predicted octanol–water partition coefficient (Wildman–Crippen LogP) is 4.61. The number of ether oxygens (including phenoxy) is 1. The first kappa shape index (κ1) is 19.2. The van der Waals surface area contributed by atoms with Crippen molar-refractivity contribution in [1.82, 2.24) is 0 Å². The molecule has 3 aromatic carbocycles. The minimum absolute atomic E-state index is 0.106. The van der Waals surface area contributed by atoms with Crippen LogP contribution >= 0.6 is 0 Å². The van der Waals surface area contributed by atoms with Crippen LogP contribution in [0.2, 0.25) is 0 Å². The number of benzene rings is 3. The third-order valence-electron chi connectivity index (χ3n) is 4.38. The normalized spacial score (nSPS) is 10.2. The highest BCUT2D eigenvalue weighted by Crippen LogP contribution is 2.24. The lowest BCUT2D eigenvalue weighted by Crippen LogP contribution is -2.30. The van der Waals surface area contributed by atoms with Crippen molar-refractivity contribution in [2.75, 3.05) is 23.9 Å². The molecule has 3 aromatic rings. The van der Waals surface area contributed by atoms with Crippen molar-refractivity contribution in [2.24, 2.45) is 0 Å². The van der Waals surface area contributed by atoms with Crippen molar-refractivity contribution < 1.29 is 14.3 Å². The Hall–Kier alpha value is -3.60. The molecule has 142 valence electrons. The molecular formula is C23H22N2O3. The summed E-state index contributed by atoms with van der Waals surface area (Å²) in [5, 5.41) is 2.83. The number of nitrogens with one attached hydrogen (secondary N) is 1. The minimum Gasteiger partial charge on any atom is -0.495 e. The largest absolute Gasteiger partial charge is 0.495 e. The number of para-hydroxylation sites is 3. The van der Waals surface area contributed by atoms with Crippen LogP contribution in [0, 0.1) is 0 Å². The third-order valence-corrected chi connectivity index (χ3v) is 4.38. The average molecular weight is 374 g/mol. The topological polar surface area (TPSA) is 58.6 Å². The van der Waals surface area contributed by atoms with Crippen molar-refractivity contribution >= 4 is 23.2 Å². The van der Waals surface area contributed by atoms with Gasteiger partial charge in [0.1, 0.15) is 5.75 Å². The van der Waals surface area contributed by atoms with E-state index in [1.165, 1.54) is 0 Å². The second-order valence-electron chi connectivity index (χ2n) is 6.12. The molecular weight excluding hydrogens is 352 g/mol. The van der Waals surface area contributed by atoms with Gasteiger partial charge in [0.25, 0.3) is 11.8 Å². The van der Waals surface area contributed by atoms with Gasteiger partial charge in [-0.25, -0.2) is 0 Å². The Morgan fingerprint density at radius 3 is 2.11 bits per heavy atom.